The van der Waals surface area contributed by atoms with E-state index in [1.54, 1.807) is 0 Å². The smallest absolute Gasteiger partial charge is 0.322 e. The van der Waals surface area contributed by atoms with Crippen molar-refractivity contribution in [3.05, 3.63) is 0 Å². The lowest BCUT2D eigenvalue weighted by atomic mass is 9.85. The highest BCUT2D eigenvalue weighted by atomic mass is 32.2. The molecule has 3 unspecified atom stereocenters. The van der Waals surface area contributed by atoms with Crippen LogP contribution in [-0.2, 0) is 14.8 Å². The lowest BCUT2D eigenvalue weighted by Gasteiger charge is -2.33. The van der Waals surface area contributed by atoms with Crippen LogP contribution in [0.1, 0.15) is 57.8 Å². The van der Waals surface area contributed by atoms with E-state index in [-0.39, 0.29) is 17.2 Å². The molecule has 0 aromatic carbocycles. The molecule has 1 heterocycles. The second-order valence-electron chi connectivity index (χ2n) is 6.48. The van der Waals surface area contributed by atoms with Gasteiger partial charge >= 0.3 is 5.97 Å². The average Bonchev–Trinajstić information content (AvgIpc) is 3.06. The van der Waals surface area contributed by atoms with Crippen molar-refractivity contribution in [2.75, 3.05) is 0 Å². The maximum absolute atomic E-state index is 12.9. The summed E-state index contributed by atoms with van der Waals surface area (Å²) in [6.45, 7) is 0. The summed E-state index contributed by atoms with van der Waals surface area (Å²) in [5.41, 5.74) is 0. The number of sulfonamides is 1. The number of carboxylic acid groups (broad SMARTS) is 1. The van der Waals surface area contributed by atoms with Gasteiger partial charge in [-0.1, -0.05) is 25.7 Å². The summed E-state index contributed by atoms with van der Waals surface area (Å²) >= 11 is 0. The van der Waals surface area contributed by atoms with Gasteiger partial charge in [0.05, 0.1) is 5.25 Å². The zero-order valence-corrected chi connectivity index (χ0v) is 12.5. The van der Waals surface area contributed by atoms with Gasteiger partial charge in [-0.15, -0.1) is 0 Å². The molecule has 0 amide bonds. The third kappa shape index (κ3) is 2.26. The largest absolute Gasteiger partial charge is 0.480 e. The first-order valence-corrected chi connectivity index (χ1v) is 9.27. The first-order valence-electron chi connectivity index (χ1n) is 7.77. The molecule has 6 heteroatoms. The molecular weight excluding hydrogens is 278 g/mol. The van der Waals surface area contributed by atoms with Crippen molar-refractivity contribution >= 4 is 16.0 Å². The Hall–Kier alpha value is -0.620. The van der Waals surface area contributed by atoms with Crippen molar-refractivity contribution < 1.29 is 18.3 Å². The lowest BCUT2D eigenvalue weighted by Crippen LogP contribution is -2.49. The predicted molar refractivity (Wildman–Crippen MR) is 74.8 cm³/mol. The van der Waals surface area contributed by atoms with Crippen LogP contribution in [0.4, 0.5) is 0 Å². The summed E-state index contributed by atoms with van der Waals surface area (Å²) in [6, 6.07) is -0.885. The predicted octanol–water partition coefficient (Wildman–Crippen LogP) is 1.98. The summed E-state index contributed by atoms with van der Waals surface area (Å²) in [5, 5.41) is 9.09. The molecule has 1 N–H and O–H groups in total. The third-order valence-corrected chi connectivity index (χ3v) is 7.76. The van der Waals surface area contributed by atoms with Crippen LogP contribution in [0, 0.1) is 5.92 Å². The minimum atomic E-state index is -3.45. The summed E-state index contributed by atoms with van der Waals surface area (Å²) < 4.78 is 27.1. The Morgan fingerprint density at radius 1 is 1.00 bits per heavy atom. The molecule has 2 aliphatic carbocycles. The Morgan fingerprint density at radius 2 is 1.60 bits per heavy atom. The quantitative estimate of drug-likeness (QED) is 0.865. The van der Waals surface area contributed by atoms with Gasteiger partial charge < -0.3 is 5.11 Å². The van der Waals surface area contributed by atoms with E-state index in [1.807, 2.05) is 0 Å². The van der Waals surface area contributed by atoms with E-state index >= 15 is 0 Å². The van der Waals surface area contributed by atoms with Gasteiger partial charge in [-0.25, -0.2) is 8.42 Å². The fourth-order valence-electron chi connectivity index (χ4n) is 4.35. The monoisotopic (exact) mass is 301 g/mol. The van der Waals surface area contributed by atoms with Crippen LogP contribution in [0.5, 0.6) is 0 Å². The van der Waals surface area contributed by atoms with E-state index in [1.165, 1.54) is 4.31 Å². The molecule has 3 atom stereocenters. The van der Waals surface area contributed by atoms with Gasteiger partial charge in [0.1, 0.15) is 6.04 Å². The van der Waals surface area contributed by atoms with Gasteiger partial charge in [0, 0.05) is 6.04 Å². The van der Waals surface area contributed by atoms with Crippen molar-refractivity contribution in [2.24, 2.45) is 5.92 Å². The number of rotatable bonds is 3. The van der Waals surface area contributed by atoms with E-state index < -0.39 is 22.0 Å². The second kappa shape index (κ2) is 5.30. The maximum atomic E-state index is 12.9. The van der Waals surface area contributed by atoms with Crippen LogP contribution in [-0.4, -0.2) is 41.1 Å². The minimum Gasteiger partial charge on any atom is -0.480 e. The van der Waals surface area contributed by atoms with Crippen molar-refractivity contribution in [1.29, 1.82) is 0 Å². The molecule has 3 aliphatic rings. The van der Waals surface area contributed by atoms with Crippen LogP contribution in [0.3, 0.4) is 0 Å². The Bertz CT molecular complexity index is 483. The molecular formula is C14H23NO4S. The number of hydrogen-bond donors (Lipinski definition) is 1. The first-order chi connectivity index (χ1) is 9.51. The summed E-state index contributed by atoms with van der Waals surface area (Å²) in [6.07, 6.45) is 7.73. The van der Waals surface area contributed by atoms with E-state index in [2.05, 4.69) is 0 Å². The number of fused-ring (bicyclic) bond motifs is 1. The SMILES string of the molecule is O=C(O)C1CC2CCCCC2N1S(=O)(=O)C1CCCC1. The van der Waals surface area contributed by atoms with Crippen molar-refractivity contribution in [1.82, 2.24) is 4.31 Å². The van der Waals surface area contributed by atoms with E-state index in [0.29, 0.717) is 19.3 Å². The standard InChI is InChI=1S/C14H23NO4S/c16-14(17)13-9-10-5-1-4-8-12(10)15(13)20(18,19)11-6-2-3-7-11/h10-13H,1-9H2,(H,16,17). The number of hydrogen-bond acceptors (Lipinski definition) is 3. The van der Waals surface area contributed by atoms with Crippen molar-refractivity contribution in [3.8, 4) is 0 Å². The molecule has 5 nitrogen and oxygen atoms in total. The highest BCUT2D eigenvalue weighted by Gasteiger charge is 2.52. The summed E-state index contributed by atoms with van der Waals surface area (Å²) in [5.74, 6) is -0.720. The maximum Gasteiger partial charge on any atom is 0.322 e. The molecule has 3 rings (SSSR count). The Kier molecular flexibility index (Phi) is 3.79. The van der Waals surface area contributed by atoms with Crippen LogP contribution < -0.4 is 0 Å². The lowest BCUT2D eigenvalue weighted by molar-refractivity contribution is -0.141. The normalized spacial score (nSPS) is 36.1. The first kappa shape index (κ1) is 14.3. The highest BCUT2D eigenvalue weighted by Crippen LogP contribution is 2.43. The molecule has 1 aliphatic heterocycles. The molecule has 0 aromatic rings. The van der Waals surface area contributed by atoms with Gasteiger partial charge in [-0.05, 0) is 38.0 Å². The Balaban J connectivity index is 1.92. The molecule has 1 saturated heterocycles. The molecule has 114 valence electrons. The number of carbonyl (C=O) groups is 1. The van der Waals surface area contributed by atoms with Crippen LogP contribution in [0.15, 0.2) is 0 Å². The fraction of sp³-hybridized carbons (Fsp3) is 0.929. The van der Waals surface area contributed by atoms with Gasteiger partial charge in [0.15, 0.2) is 0 Å². The molecule has 0 radical (unpaired) electrons. The molecule has 20 heavy (non-hydrogen) atoms. The van der Waals surface area contributed by atoms with Gasteiger partial charge in [0.2, 0.25) is 10.0 Å². The molecule has 0 bridgehead atoms. The van der Waals surface area contributed by atoms with Gasteiger partial charge in [0.25, 0.3) is 0 Å². The minimum absolute atomic E-state index is 0.0598. The van der Waals surface area contributed by atoms with Crippen molar-refractivity contribution in [2.45, 2.75) is 75.1 Å². The van der Waals surface area contributed by atoms with Crippen molar-refractivity contribution in [3.63, 3.8) is 0 Å². The van der Waals surface area contributed by atoms with E-state index in [0.717, 1.165) is 38.5 Å². The highest BCUT2D eigenvalue weighted by molar-refractivity contribution is 7.89. The van der Waals surface area contributed by atoms with E-state index in [9.17, 15) is 18.3 Å². The zero-order chi connectivity index (χ0) is 14.3. The van der Waals surface area contributed by atoms with Gasteiger partial charge in [-0.3, -0.25) is 4.79 Å². The van der Waals surface area contributed by atoms with Crippen LogP contribution in [0.25, 0.3) is 0 Å². The zero-order valence-electron chi connectivity index (χ0n) is 11.7. The Morgan fingerprint density at radius 3 is 2.25 bits per heavy atom. The summed E-state index contributed by atoms with van der Waals surface area (Å²) in [7, 11) is -3.45. The van der Waals surface area contributed by atoms with E-state index in [4.69, 9.17) is 0 Å². The third-order valence-electron chi connectivity index (χ3n) is 5.33. The van der Waals surface area contributed by atoms with Crippen LogP contribution in [0.2, 0.25) is 0 Å². The number of carboxylic acids is 1. The molecule has 0 aromatic heterocycles. The summed E-state index contributed by atoms with van der Waals surface area (Å²) in [4.78, 5) is 11.5. The average molecular weight is 301 g/mol. The fourth-order valence-corrected chi connectivity index (χ4v) is 6.81. The Labute approximate surface area is 120 Å². The molecule has 2 saturated carbocycles. The van der Waals surface area contributed by atoms with Gasteiger partial charge in [-0.2, -0.15) is 4.31 Å². The topological polar surface area (TPSA) is 74.7 Å². The van der Waals surface area contributed by atoms with Crippen LogP contribution >= 0.6 is 0 Å². The molecule has 3 fully saturated rings. The molecule has 0 spiro atoms. The second-order valence-corrected chi connectivity index (χ2v) is 8.60. The number of nitrogens with zero attached hydrogens (tertiary/aromatic N) is 1. The number of aliphatic carboxylic acids is 1.